The molecule has 0 bridgehead atoms. The molecule has 1 aromatic carbocycles. The number of halogens is 3. The van der Waals surface area contributed by atoms with Gasteiger partial charge in [-0.2, -0.15) is 0 Å². The van der Waals surface area contributed by atoms with Gasteiger partial charge in [-0.15, -0.1) is 0 Å². The Bertz CT molecular complexity index is 557. The first-order chi connectivity index (χ1) is 9.88. The average Bonchev–Trinajstić information content (AvgIpc) is 2.82. The number of carbonyl (C=O) groups excluding carboxylic acids is 1. The summed E-state index contributed by atoms with van der Waals surface area (Å²) in [6, 6.07) is 2.33. The Morgan fingerprint density at radius 3 is 2.48 bits per heavy atom. The van der Waals surface area contributed by atoms with Gasteiger partial charge in [0.1, 0.15) is 6.04 Å². The molecule has 1 saturated heterocycles. The molecule has 1 atom stereocenters. The second-order valence-corrected chi connectivity index (χ2v) is 6.01. The number of carboxylic acid groups (broad SMARTS) is 1. The maximum atomic E-state index is 12.0. The highest BCUT2D eigenvalue weighted by molar-refractivity contribution is 6.42. The topological polar surface area (TPSA) is 69.6 Å². The van der Waals surface area contributed by atoms with E-state index in [-0.39, 0.29) is 28.2 Å². The van der Waals surface area contributed by atoms with E-state index < -0.39 is 12.0 Å². The van der Waals surface area contributed by atoms with E-state index >= 15 is 0 Å². The smallest absolute Gasteiger partial charge is 0.320 e. The molecule has 21 heavy (non-hydrogen) atoms. The monoisotopic (exact) mass is 350 g/mol. The molecule has 0 radical (unpaired) electrons. The maximum Gasteiger partial charge on any atom is 0.320 e. The van der Waals surface area contributed by atoms with Crippen molar-refractivity contribution >= 4 is 52.4 Å². The highest BCUT2D eigenvalue weighted by Crippen LogP contribution is 2.33. The lowest BCUT2D eigenvalue weighted by Crippen LogP contribution is -2.40. The third kappa shape index (κ3) is 4.01. The van der Waals surface area contributed by atoms with Crippen LogP contribution in [-0.2, 0) is 9.59 Å². The van der Waals surface area contributed by atoms with Gasteiger partial charge in [-0.25, -0.2) is 0 Å². The zero-order valence-electron chi connectivity index (χ0n) is 10.9. The Balaban J connectivity index is 2.04. The van der Waals surface area contributed by atoms with Crippen molar-refractivity contribution < 1.29 is 14.7 Å². The fraction of sp³-hybridized carbons (Fsp3) is 0.385. The number of carbonyl (C=O) groups is 2. The molecule has 0 spiro atoms. The molecule has 0 aromatic heterocycles. The minimum atomic E-state index is -0.914. The first kappa shape index (κ1) is 16.4. The number of likely N-dealkylation sites (tertiary alicyclic amines) is 1. The largest absolute Gasteiger partial charge is 0.480 e. The molecule has 8 heteroatoms. The van der Waals surface area contributed by atoms with Crippen molar-refractivity contribution in [3.05, 3.63) is 27.2 Å². The van der Waals surface area contributed by atoms with Crippen molar-refractivity contribution in [2.45, 2.75) is 18.9 Å². The minimum Gasteiger partial charge on any atom is -0.480 e. The molecule has 0 saturated carbocycles. The molecule has 0 unspecified atom stereocenters. The Labute approximate surface area is 136 Å². The van der Waals surface area contributed by atoms with Crippen molar-refractivity contribution in [3.63, 3.8) is 0 Å². The van der Waals surface area contributed by atoms with Gasteiger partial charge in [0.25, 0.3) is 0 Å². The molecule has 1 heterocycles. The van der Waals surface area contributed by atoms with Crippen LogP contribution in [0.2, 0.25) is 15.1 Å². The van der Waals surface area contributed by atoms with Crippen LogP contribution >= 0.6 is 34.8 Å². The van der Waals surface area contributed by atoms with E-state index in [1.165, 1.54) is 12.1 Å². The molecular formula is C13H13Cl3N2O3. The summed E-state index contributed by atoms with van der Waals surface area (Å²) in [6.07, 6.45) is 1.30. The van der Waals surface area contributed by atoms with Crippen LogP contribution in [0.4, 0.5) is 5.69 Å². The lowest BCUT2D eigenvalue weighted by Gasteiger charge is -2.20. The average molecular weight is 352 g/mol. The Kier molecular flexibility index (Phi) is 5.32. The fourth-order valence-electron chi connectivity index (χ4n) is 2.32. The lowest BCUT2D eigenvalue weighted by atomic mass is 10.2. The van der Waals surface area contributed by atoms with Crippen molar-refractivity contribution in [2.24, 2.45) is 0 Å². The van der Waals surface area contributed by atoms with E-state index in [2.05, 4.69) is 5.32 Å². The normalized spacial score (nSPS) is 18.7. The number of carboxylic acids is 1. The summed E-state index contributed by atoms with van der Waals surface area (Å²) < 4.78 is 0. The van der Waals surface area contributed by atoms with Gasteiger partial charge in [-0.3, -0.25) is 14.5 Å². The number of amides is 1. The molecule has 114 valence electrons. The van der Waals surface area contributed by atoms with Crippen molar-refractivity contribution in [1.82, 2.24) is 4.90 Å². The van der Waals surface area contributed by atoms with Crippen molar-refractivity contribution in [2.75, 3.05) is 18.4 Å². The number of benzene rings is 1. The van der Waals surface area contributed by atoms with Crippen molar-refractivity contribution in [3.8, 4) is 0 Å². The van der Waals surface area contributed by atoms with Gasteiger partial charge in [-0.1, -0.05) is 34.8 Å². The summed E-state index contributed by atoms with van der Waals surface area (Å²) in [5.41, 5.74) is 0.277. The number of anilines is 1. The Hall–Kier alpha value is -1.01. The Morgan fingerprint density at radius 2 is 1.90 bits per heavy atom. The molecule has 5 nitrogen and oxygen atoms in total. The summed E-state index contributed by atoms with van der Waals surface area (Å²) in [5.74, 6) is -1.28. The molecule has 1 aliphatic heterocycles. The second kappa shape index (κ2) is 6.83. The predicted octanol–water partition coefficient (Wildman–Crippen LogP) is 3.13. The van der Waals surface area contributed by atoms with Crippen LogP contribution in [0.1, 0.15) is 12.8 Å². The number of nitrogens with zero attached hydrogens (tertiary/aromatic N) is 1. The second-order valence-electron chi connectivity index (χ2n) is 4.76. The number of aliphatic carboxylic acids is 1. The molecule has 1 fully saturated rings. The number of hydrogen-bond donors (Lipinski definition) is 2. The highest BCUT2D eigenvalue weighted by atomic mass is 35.5. The van der Waals surface area contributed by atoms with Crippen LogP contribution in [0.15, 0.2) is 12.1 Å². The van der Waals surface area contributed by atoms with E-state index in [1.54, 1.807) is 4.90 Å². The molecule has 1 aliphatic rings. The van der Waals surface area contributed by atoms with E-state index in [0.717, 1.165) is 6.42 Å². The van der Waals surface area contributed by atoms with Gasteiger partial charge in [0.15, 0.2) is 0 Å². The van der Waals surface area contributed by atoms with E-state index in [0.29, 0.717) is 18.0 Å². The van der Waals surface area contributed by atoms with Gasteiger partial charge in [-0.05, 0) is 31.5 Å². The van der Waals surface area contributed by atoms with Gasteiger partial charge in [0, 0.05) is 5.02 Å². The first-order valence-corrected chi connectivity index (χ1v) is 7.43. The maximum absolute atomic E-state index is 12.0. The summed E-state index contributed by atoms with van der Waals surface area (Å²) in [4.78, 5) is 24.7. The molecule has 1 aromatic rings. The quantitative estimate of drug-likeness (QED) is 0.874. The zero-order valence-corrected chi connectivity index (χ0v) is 13.2. The van der Waals surface area contributed by atoms with Crippen LogP contribution < -0.4 is 5.32 Å². The van der Waals surface area contributed by atoms with Crippen LogP contribution in [0.25, 0.3) is 0 Å². The van der Waals surface area contributed by atoms with E-state index in [1.807, 2.05) is 0 Å². The van der Waals surface area contributed by atoms with Crippen molar-refractivity contribution in [1.29, 1.82) is 0 Å². The van der Waals surface area contributed by atoms with Gasteiger partial charge < -0.3 is 10.4 Å². The molecule has 2 rings (SSSR count). The molecular weight excluding hydrogens is 339 g/mol. The molecule has 1 amide bonds. The first-order valence-electron chi connectivity index (χ1n) is 6.29. The Morgan fingerprint density at radius 1 is 1.29 bits per heavy atom. The lowest BCUT2D eigenvalue weighted by molar-refractivity contribution is -0.142. The number of rotatable bonds is 4. The molecule has 0 aliphatic carbocycles. The third-order valence-electron chi connectivity index (χ3n) is 3.27. The summed E-state index contributed by atoms with van der Waals surface area (Å²) >= 11 is 17.8. The van der Waals surface area contributed by atoms with E-state index in [9.17, 15) is 9.59 Å². The van der Waals surface area contributed by atoms with Crippen LogP contribution in [0.3, 0.4) is 0 Å². The van der Waals surface area contributed by atoms with Crippen LogP contribution in [0.5, 0.6) is 0 Å². The van der Waals surface area contributed by atoms with Gasteiger partial charge in [0.2, 0.25) is 5.91 Å². The molecule has 2 N–H and O–H groups in total. The predicted molar refractivity (Wildman–Crippen MR) is 82.3 cm³/mol. The van der Waals surface area contributed by atoms with E-state index in [4.69, 9.17) is 39.9 Å². The van der Waals surface area contributed by atoms with Crippen LogP contribution in [0, 0.1) is 0 Å². The standard InChI is InChI=1S/C13H13Cl3N2O3/c14-7-4-8(15)12(9(16)5-7)17-11(19)6-18-3-1-2-10(18)13(20)21/h4-5,10H,1-3,6H2,(H,17,19)(H,20,21)/t10-/m0/s1. The minimum absolute atomic E-state index is 0.0216. The fourth-order valence-corrected chi connectivity index (χ4v) is 3.23. The van der Waals surface area contributed by atoms with Crippen LogP contribution in [-0.4, -0.2) is 41.0 Å². The summed E-state index contributed by atoms with van der Waals surface area (Å²) in [5, 5.41) is 12.5. The number of nitrogens with one attached hydrogen (secondary N) is 1. The van der Waals surface area contributed by atoms with Gasteiger partial charge >= 0.3 is 5.97 Å². The summed E-state index contributed by atoms with van der Waals surface area (Å²) in [7, 11) is 0. The zero-order chi connectivity index (χ0) is 15.6. The SMILES string of the molecule is O=C(CN1CCC[C@H]1C(=O)O)Nc1c(Cl)cc(Cl)cc1Cl. The summed E-state index contributed by atoms with van der Waals surface area (Å²) in [6.45, 7) is 0.554. The van der Waals surface area contributed by atoms with Gasteiger partial charge in [0.05, 0.1) is 22.3 Å². The highest BCUT2D eigenvalue weighted by Gasteiger charge is 2.31. The number of hydrogen-bond acceptors (Lipinski definition) is 3. The third-order valence-corrected chi connectivity index (χ3v) is 4.08.